The largest absolute Gasteiger partial charge is 0.309 e. The van der Waals surface area contributed by atoms with Crippen molar-refractivity contribution in [1.29, 1.82) is 0 Å². The molecule has 1 heterocycles. The second kappa shape index (κ2) is 5.78. The molecule has 0 amide bonds. The van der Waals surface area contributed by atoms with Crippen LogP contribution in [0.3, 0.4) is 0 Å². The summed E-state index contributed by atoms with van der Waals surface area (Å²) in [6.45, 7) is 7.15. The molecule has 1 aromatic carbocycles. The molecule has 18 heavy (non-hydrogen) atoms. The number of benzene rings is 1. The van der Waals surface area contributed by atoms with Crippen molar-refractivity contribution in [2.24, 2.45) is 0 Å². The fourth-order valence-electron chi connectivity index (χ4n) is 1.70. The van der Waals surface area contributed by atoms with Gasteiger partial charge in [-0.1, -0.05) is 38.1 Å². The van der Waals surface area contributed by atoms with Crippen LogP contribution in [0.5, 0.6) is 0 Å². The SMILES string of the molecule is CCc1ccc(-n2cc(CNC(C)C)nn2)cc1. The van der Waals surface area contributed by atoms with Crippen LogP contribution in [-0.4, -0.2) is 21.0 Å². The number of aryl methyl sites for hydroxylation is 1. The molecule has 0 aliphatic heterocycles. The molecular formula is C14H20N4. The Balaban J connectivity index is 2.08. The molecule has 2 rings (SSSR count). The first kappa shape index (κ1) is 12.8. The predicted molar refractivity (Wildman–Crippen MR) is 72.7 cm³/mol. The number of hydrogen-bond donors (Lipinski definition) is 1. The molecule has 0 radical (unpaired) electrons. The third-order valence-corrected chi connectivity index (χ3v) is 2.84. The number of nitrogens with zero attached hydrogens (tertiary/aromatic N) is 3. The first-order valence-electron chi connectivity index (χ1n) is 6.43. The molecule has 0 saturated heterocycles. The molecular weight excluding hydrogens is 224 g/mol. The van der Waals surface area contributed by atoms with Gasteiger partial charge in [-0.2, -0.15) is 0 Å². The molecule has 0 aliphatic rings. The van der Waals surface area contributed by atoms with Crippen molar-refractivity contribution in [2.75, 3.05) is 0 Å². The zero-order chi connectivity index (χ0) is 13.0. The Morgan fingerprint density at radius 1 is 1.22 bits per heavy atom. The van der Waals surface area contributed by atoms with E-state index in [4.69, 9.17) is 0 Å². The molecule has 0 spiro atoms. The van der Waals surface area contributed by atoms with Crippen LogP contribution in [0.1, 0.15) is 32.0 Å². The second-order valence-corrected chi connectivity index (χ2v) is 4.71. The van der Waals surface area contributed by atoms with Crippen molar-refractivity contribution in [3.05, 3.63) is 41.7 Å². The minimum absolute atomic E-state index is 0.457. The highest BCUT2D eigenvalue weighted by Gasteiger charge is 2.03. The standard InChI is InChI=1S/C14H20N4/c1-4-12-5-7-14(8-6-12)18-10-13(16-17-18)9-15-11(2)3/h5-8,10-11,15H,4,9H2,1-3H3. The van der Waals surface area contributed by atoms with Gasteiger partial charge in [0, 0.05) is 12.6 Å². The first-order valence-corrected chi connectivity index (χ1v) is 6.43. The Morgan fingerprint density at radius 3 is 2.56 bits per heavy atom. The lowest BCUT2D eigenvalue weighted by atomic mass is 10.1. The second-order valence-electron chi connectivity index (χ2n) is 4.71. The van der Waals surface area contributed by atoms with Crippen molar-refractivity contribution in [3.8, 4) is 5.69 Å². The van der Waals surface area contributed by atoms with Gasteiger partial charge in [-0.25, -0.2) is 4.68 Å². The molecule has 0 aliphatic carbocycles. The summed E-state index contributed by atoms with van der Waals surface area (Å²) in [7, 11) is 0. The van der Waals surface area contributed by atoms with Crippen LogP contribution in [0.2, 0.25) is 0 Å². The lowest BCUT2D eigenvalue weighted by Gasteiger charge is -2.04. The molecule has 2 aromatic rings. The van der Waals surface area contributed by atoms with Gasteiger partial charge in [0.15, 0.2) is 0 Å². The molecule has 0 bridgehead atoms. The van der Waals surface area contributed by atoms with Gasteiger partial charge >= 0.3 is 0 Å². The van der Waals surface area contributed by atoms with Crippen LogP contribution in [0.15, 0.2) is 30.5 Å². The minimum Gasteiger partial charge on any atom is -0.309 e. The summed E-state index contributed by atoms with van der Waals surface area (Å²) < 4.78 is 1.82. The van der Waals surface area contributed by atoms with Crippen molar-refractivity contribution < 1.29 is 0 Å². The number of nitrogens with one attached hydrogen (secondary N) is 1. The van der Waals surface area contributed by atoms with Gasteiger partial charge in [0.1, 0.15) is 0 Å². The van der Waals surface area contributed by atoms with Crippen LogP contribution in [0, 0.1) is 0 Å². The molecule has 0 saturated carbocycles. The average Bonchev–Trinajstić information content (AvgIpc) is 2.85. The molecule has 1 N–H and O–H groups in total. The monoisotopic (exact) mass is 244 g/mol. The Labute approximate surface area is 108 Å². The third kappa shape index (κ3) is 3.17. The summed E-state index contributed by atoms with van der Waals surface area (Å²) in [6.07, 6.45) is 3.03. The summed E-state index contributed by atoms with van der Waals surface area (Å²) in [5.41, 5.74) is 3.35. The first-order chi connectivity index (χ1) is 8.69. The average molecular weight is 244 g/mol. The van der Waals surface area contributed by atoms with E-state index in [0.717, 1.165) is 24.3 Å². The smallest absolute Gasteiger partial charge is 0.0969 e. The lowest BCUT2D eigenvalue weighted by molar-refractivity contribution is 0.580. The summed E-state index contributed by atoms with van der Waals surface area (Å²) in [6, 6.07) is 8.87. The third-order valence-electron chi connectivity index (χ3n) is 2.84. The highest BCUT2D eigenvalue weighted by molar-refractivity contribution is 5.33. The molecule has 0 fully saturated rings. The zero-order valence-electron chi connectivity index (χ0n) is 11.2. The predicted octanol–water partition coefficient (Wildman–Crippen LogP) is 2.33. The summed E-state index contributed by atoms with van der Waals surface area (Å²) >= 11 is 0. The van der Waals surface area contributed by atoms with Gasteiger partial charge in [0.25, 0.3) is 0 Å². The Hall–Kier alpha value is -1.68. The molecule has 96 valence electrons. The molecule has 4 heteroatoms. The summed E-state index contributed by atoms with van der Waals surface area (Å²) in [5.74, 6) is 0. The van der Waals surface area contributed by atoms with Crippen LogP contribution in [-0.2, 0) is 13.0 Å². The highest BCUT2D eigenvalue weighted by atomic mass is 15.4. The van der Waals surface area contributed by atoms with E-state index in [1.807, 2.05) is 10.9 Å². The van der Waals surface area contributed by atoms with Gasteiger partial charge < -0.3 is 5.32 Å². The van der Waals surface area contributed by atoms with Gasteiger partial charge in [-0.15, -0.1) is 5.10 Å². The van der Waals surface area contributed by atoms with Gasteiger partial charge in [0.05, 0.1) is 17.6 Å². The molecule has 0 atom stereocenters. The Morgan fingerprint density at radius 2 is 1.94 bits per heavy atom. The number of aromatic nitrogens is 3. The van der Waals surface area contributed by atoms with E-state index in [-0.39, 0.29) is 0 Å². The van der Waals surface area contributed by atoms with Crippen molar-refractivity contribution in [1.82, 2.24) is 20.3 Å². The maximum Gasteiger partial charge on any atom is 0.0969 e. The van der Waals surface area contributed by atoms with E-state index in [2.05, 4.69) is 60.7 Å². The maximum atomic E-state index is 4.16. The molecule has 0 unspecified atom stereocenters. The van der Waals surface area contributed by atoms with Crippen molar-refractivity contribution in [3.63, 3.8) is 0 Å². The van der Waals surface area contributed by atoms with Crippen molar-refractivity contribution in [2.45, 2.75) is 39.8 Å². The van der Waals surface area contributed by atoms with Crippen LogP contribution < -0.4 is 5.32 Å². The van der Waals surface area contributed by atoms with E-state index >= 15 is 0 Å². The van der Waals surface area contributed by atoms with Crippen LogP contribution in [0.25, 0.3) is 5.69 Å². The Bertz CT molecular complexity index is 485. The topological polar surface area (TPSA) is 42.7 Å². The van der Waals surface area contributed by atoms with Gasteiger partial charge in [-0.05, 0) is 24.1 Å². The van der Waals surface area contributed by atoms with E-state index in [1.54, 1.807) is 0 Å². The summed E-state index contributed by atoms with van der Waals surface area (Å²) in [5, 5.41) is 11.6. The van der Waals surface area contributed by atoms with Gasteiger partial charge in [0.2, 0.25) is 0 Å². The minimum atomic E-state index is 0.457. The zero-order valence-corrected chi connectivity index (χ0v) is 11.2. The number of rotatable bonds is 5. The lowest BCUT2D eigenvalue weighted by Crippen LogP contribution is -2.21. The van der Waals surface area contributed by atoms with E-state index < -0.39 is 0 Å². The number of hydrogen-bond acceptors (Lipinski definition) is 3. The van der Waals surface area contributed by atoms with Crippen LogP contribution >= 0.6 is 0 Å². The highest BCUT2D eigenvalue weighted by Crippen LogP contribution is 2.09. The maximum absolute atomic E-state index is 4.16. The fourth-order valence-corrected chi connectivity index (χ4v) is 1.70. The Kier molecular flexibility index (Phi) is 4.10. The van der Waals surface area contributed by atoms with E-state index in [0.29, 0.717) is 6.04 Å². The summed E-state index contributed by atoms with van der Waals surface area (Å²) in [4.78, 5) is 0. The normalized spacial score (nSPS) is 11.1. The van der Waals surface area contributed by atoms with E-state index in [1.165, 1.54) is 5.56 Å². The molecule has 1 aromatic heterocycles. The fraction of sp³-hybridized carbons (Fsp3) is 0.429. The van der Waals surface area contributed by atoms with Crippen LogP contribution in [0.4, 0.5) is 0 Å². The quantitative estimate of drug-likeness (QED) is 0.877. The van der Waals surface area contributed by atoms with Gasteiger partial charge in [-0.3, -0.25) is 0 Å². The van der Waals surface area contributed by atoms with Crippen molar-refractivity contribution >= 4 is 0 Å². The molecule has 4 nitrogen and oxygen atoms in total. The van der Waals surface area contributed by atoms with E-state index in [9.17, 15) is 0 Å².